The molecule has 2 rings (SSSR count). The van der Waals surface area contributed by atoms with E-state index >= 15 is 0 Å². The Balaban J connectivity index is 3.14. The van der Waals surface area contributed by atoms with Gasteiger partial charge in [-0.15, -0.1) is 0 Å². The van der Waals surface area contributed by atoms with Crippen LogP contribution in [0.3, 0.4) is 0 Å². The van der Waals surface area contributed by atoms with Crippen molar-refractivity contribution in [2.75, 3.05) is 32.4 Å². The summed E-state index contributed by atoms with van der Waals surface area (Å²) in [6.07, 6.45) is 2.67. The van der Waals surface area contributed by atoms with Crippen LogP contribution in [0.25, 0.3) is 10.8 Å². The van der Waals surface area contributed by atoms with Gasteiger partial charge in [0, 0.05) is 5.39 Å². The van der Waals surface area contributed by atoms with Crippen LogP contribution in [0.15, 0.2) is 36.4 Å². The highest BCUT2D eigenvalue weighted by Gasteiger charge is 2.33. The molecule has 0 atom stereocenters. The monoisotopic (exact) mass is 470 g/mol. The molecule has 0 aliphatic rings. The normalized spacial score (nSPS) is 13.4. The van der Waals surface area contributed by atoms with Gasteiger partial charge < -0.3 is 0 Å². The van der Waals surface area contributed by atoms with Crippen molar-refractivity contribution in [3.63, 3.8) is 0 Å². The van der Waals surface area contributed by atoms with Crippen molar-refractivity contribution < 1.29 is 33.7 Å². The Morgan fingerprint density at radius 2 is 0.821 bits per heavy atom. The SMILES string of the molecule is CS(=O)(=O)N(c1cccc2cccc(N(S(C)(=O)=O)S(C)(=O)=O)c12)S(C)(=O)=O. The minimum Gasteiger partial charge on any atom is -0.206 e. The lowest BCUT2D eigenvalue weighted by Crippen LogP contribution is -2.37. The number of hydrogen-bond donors (Lipinski definition) is 0. The summed E-state index contributed by atoms with van der Waals surface area (Å²) in [6.45, 7) is 0. The molecule has 0 aliphatic carbocycles. The average Bonchev–Trinajstić information content (AvgIpc) is 2.41. The quantitative estimate of drug-likeness (QED) is 0.586. The minimum absolute atomic E-state index is 0.134. The van der Waals surface area contributed by atoms with E-state index in [0.29, 0.717) is 25.0 Å². The molecule has 0 radical (unpaired) electrons. The highest BCUT2D eigenvalue weighted by molar-refractivity contribution is 8.10. The van der Waals surface area contributed by atoms with Gasteiger partial charge in [-0.2, -0.15) is 7.42 Å². The van der Waals surface area contributed by atoms with E-state index in [4.69, 9.17) is 0 Å². The molecular formula is C14H18N2O8S4. The second-order valence-electron chi connectivity index (χ2n) is 6.10. The van der Waals surface area contributed by atoms with Gasteiger partial charge >= 0.3 is 0 Å². The summed E-state index contributed by atoms with van der Waals surface area (Å²) in [7, 11) is -17.4. The van der Waals surface area contributed by atoms with Crippen LogP contribution in [0.4, 0.5) is 11.4 Å². The molecule has 0 saturated heterocycles. The van der Waals surface area contributed by atoms with Crippen molar-refractivity contribution in [1.29, 1.82) is 0 Å². The fraction of sp³-hybridized carbons (Fsp3) is 0.286. The lowest BCUT2D eigenvalue weighted by molar-refractivity contribution is 0.587. The Hall–Kier alpha value is -1.90. The second-order valence-corrected chi connectivity index (χ2v) is 13.9. The van der Waals surface area contributed by atoms with E-state index in [-0.39, 0.29) is 18.2 Å². The van der Waals surface area contributed by atoms with Crippen molar-refractivity contribution in [1.82, 2.24) is 0 Å². The lowest BCUT2D eigenvalue weighted by atomic mass is 10.1. The van der Waals surface area contributed by atoms with E-state index in [1.807, 2.05) is 0 Å². The number of benzene rings is 2. The van der Waals surface area contributed by atoms with Crippen LogP contribution < -0.4 is 7.42 Å². The summed E-state index contributed by atoms with van der Waals surface area (Å²) in [4.78, 5) is 0. The van der Waals surface area contributed by atoms with Crippen LogP contribution in [-0.4, -0.2) is 58.7 Å². The molecule has 0 N–H and O–H groups in total. The van der Waals surface area contributed by atoms with Gasteiger partial charge in [0.1, 0.15) is 0 Å². The summed E-state index contributed by atoms with van der Waals surface area (Å²) in [5.41, 5.74) is -0.786. The van der Waals surface area contributed by atoms with Crippen LogP contribution in [-0.2, 0) is 40.1 Å². The van der Waals surface area contributed by atoms with Gasteiger partial charge in [-0.1, -0.05) is 24.3 Å². The van der Waals surface area contributed by atoms with Gasteiger partial charge in [0.15, 0.2) is 0 Å². The topological polar surface area (TPSA) is 143 Å². The zero-order valence-corrected chi connectivity index (χ0v) is 18.5. The number of nitrogens with zero attached hydrogens (tertiary/aromatic N) is 2. The zero-order valence-electron chi connectivity index (χ0n) is 15.3. The van der Waals surface area contributed by atoms with Gasteiger partial charge in [-0.25, -0.2) is 33.7 Å². The first-order valence-corrected chi connectivity index (χ1v) is 14.8. The summed E-state index contributed by atoms with van der Waals surface area (Å²) in [5.74, 6) is 0. The van der Waals surface area contributed by atoms with Gasteiger partial charge in [-0.05, 0) is 17.5 Å². The van der Waals surface area contributed by atoms with E-state index < -0.39 is 51.5 Å². The summed E-state index contributed by atoms with van der Waals surface area (Å²) < 4.78 is 97.8. The molecule has 14 heteroatoms. The van der Waals surface area contributed by atoms with E-state index in [1.54, 1.807) is 0 Å². The van der Waals surface area contributed by atoms with E-state index in [2.05, 4.69) is 0 Å². The van der Waals surface area contributed by atoms with Gasteiger partial charge in [-0.3, -0.25) is 0 Å². The van der Waals surface area contributed by atoms with E-state index in [0.717, 1.165) is 12.1 Å². The molecule has 0 unspecified atom stereocenters. The van der Waals surface area contributed by atoms with Crippen molar-refractivity contribution >= 4 is 62.2 Å². The number of hydrogen-bond acceptors (Lipinski definition) is 8. The Bertz CT molecular complexity index is 1190. The van der Waals surface area contributed by atoms with Crippen molar-refractivity contribution in [2.24, 2.45) is 0 Å². The van der Waals surface area contributed by atoms with Crippen molar-refractivity contribution in [2.45, 2.75) is 0 Å². The predicted molar refractivity (Wildman–Crippen MR) is 108 cm³/mol. The fourth-order valence-corrected chi connectivity index (χ4v) is 8.79. The maximum atomic E-state index is 12.2. The first-order chi connectivity index (χ1) is 12.5. The first kappa shape index (κ1) is 22.4. The molecule has 0 saturated carbocycles. The molecule has 0 aromatic heterocycles. The third-order valence-corrected chi connectivity index (χ3v) is 9.90. The smallest absolute Gasteiger partial charge is 0.206 e. The van der Waals surface area contributed by atoms with Crippen molar-refractivity contribution in [3.8, 4) is 0 Å². The van der Waals surface area contributed by atoms with E-state index in [1.165, 1.54) is 24.3 Å². The number of rotatable bonds is 6. The van der Waals surface area contributed by atoms with Crippen LogP contribution >= 0.6 is 0 Å². The molecule has 0 aliphatic heterocycles. The van der Waals surface area contributed by atoms with Gasteiger partial charge in [0.25, 0.3) is 0 Å². The molecule has 2 aromatic carbocycles. The summed E-state index contributed by atoms with van der Waals surface area (Å²) >= 11 is 0. The third kappa shape index (κ3) is 4.39. The maximum Gasteiger partial charge on any atom is 0.245 e. The second kappa shape index (κ2) is 6.86. The van der Waals surface area contributed by atoms with Gasteiger partial charge in [0.2, 0.25) is 40.1 Å². The Morgan fingerprint density at radius 3 is 1.07 bits per heavy atom. The lowest BCUT2D eigenvalue weighted by Gasteiger charge is -2.26. The summed E-state index contributed by atoms with van der Waals surface area (Å²) in [5, 5.41) is 0.0706. The Kier molecular flexibility index (Phi) is 5.49. The Labute approximate surface area is 164 Å². The zero-order chi connectivity index (χ0) is 21.7. The van der Waals surface area contributed by atoms with Crippen LogP contribution in [0.2, 0.25) is 0 Å². The maximum absolute atomic E-state index is 12.2. The molecular weight excluding hydrogens is 452 g/mol. The molecule has 0 spiro atoms. The average molecular weight is 471 g/mol. The Morgan fingerprint density at radius 1 is 0.536 bits per heavy atom. The molecule has 28 heavy (non-hydrogen) atoms. The van der Waals surface area contributed by atoms with Crippen LogP contribution in [0.5, 0.6) is 0 Å². The number of fused-ring (bicyclic) bond motifs is 1. The number of anilines is 2. The molecule has 0 amide bonds. The van der Waals surface area contributed by atoms with Crippen LogP contribution in [0.1, 0.15) is 0 Å². The molecule has 0 bridgehead atoms. The molecule has 2 aromatic rings. The van der Waals surface area contributed by atoms with E-state index in [9.17, 15) is 33.7 Å². The molecule has 0 fully saturated rings. The molecule has 156 valence electrons. The molecule has 0 heterocycles. The minimum atomic E-state index is -4.35. The van der Waals surface area contributed by atoms with Crippen LogP contribution in [0, 0.1) is 0 Å². The van der Waals surface area contributed by atoms with Gasteiger partial charge in [0.05, 0.1) is 36.4 Å². The molecule has 10 nitrogen and oxygen atoms in total. The standard InChI is InChI=1S/C14H18N2O8S4/c1-25(17,18)15(26(2,19)20)12-9-5-7-11-8-6-10-13(14(11)12)16(27(3,21)22)28(4,23)24/h5-10H,1-4H3. The summed E-state index contributed by atoms with van der Waals surface area (Å²) in [6, 6.07) is 7.97. The third-order valence-electron chi connectivity index (χ3n) is 3.46. The van der Waals surface area contributed by atoms with Crippen molar-refractivity contribution in [3.05, 3.63) is 36.4 Å². The number of sulfonamides is 4. The highest BCUT2D eigenvalue weighted by Crippen LogP contribution is 2.38. The largest absolute Gasteiger partial charge is 0.245 e. The predicted octanol–water partition coefficient (Wildman–Crippen LogP) is 0.291. The first-order valence-electron chi connectivity index (χ1n) is 7.38. The highest BCUT2D eigenvalue weighted by atomic mass is 32.3. The fourth-order valence-electron chi connectivity index (χ4n) is 2.81.